The van der Waals surface area contributed by atoms with E-state index in [1.807, 2.05) is 0 Å². The van der Waals surface area contributed by atoms with Crippen LogP contribution < -0.4 is 5.73 Å². The first-order chi connectivity index (χ1) is 6.02. The summed E-state index contributed by atoms with van der Waals surface area (Å²) in [6.07, 6.45) is 0. The summed E-state index contributed by atoms with van der Waals surface area (Å²) in [4.78, 5) is 25.0. The molecule has 0 radical (unpaired) electrons. The predicted octanol–water partition coefficient (Wildman–Crippen LogP) is 0.565. The number of ketones is 1. The number of pyridine rings is 1. The van der Waals surface area contributed by atoms with Gasteiger partial charge in [-0.2, -0.15) is 0 Å². The fourth-order valence-corrected chi connectivity index (χ4v) is 0.837. The second-order valence-corrected chi connectivity index (χ2v) is 2.50. The highest BCUT2D eigenvalue weighted by Gasteiger charge is 2.11. The van der Waals surface area contributed by atoms with E-state index in [-0.39, 0.29) is 22.9 Å². The summed E-state index contributed by atoms with van der Waals surface area (Å²) < 4.78 is 0. The summed E-state index contributed by atoms with van der Waals surface area (Å²) in [5.41, 5.74) is 5.21. The normalized spacial score (nSPS) is 9.62. The van der Waals surface area contributed by atoms with Crippen molar-refractivity contribution in [2.75, 3.05) is 5.73 Å². The Balaban J connectivity index is 3.27. The van der Waals surface area contributed by atoms with Crippen LogP contribution in [0.4, 0.5) is 5.69 Å². The SMILES string of the molecule is CC(=O)c1ccc(N)c(C(=O)O)n1. The van der Waals surface area contributed by atoms with Crippen LogP contribution in [0.25, 0.3) is 0 Å². The minimum absolute atomic E-state index is 0.0532. The van der Waals surface area contributed by atoms with E-state index in [2.05, 4.69) is 4.98 Å². The Bertz CT molecular complexity index is 374. The number of carboxylic acid groups (broad SMARTS) is 1. The molecule has 0 saturated heterocycles. The first-order valence-corrected chi connectivity index (χ1v) is 3.53. The summed E-state index contributed by atoms with van der Waals surface area (Å²) in [6.45, 7) is 1.31. The molecule has 68 valence electrons. The molecule has 13 heavy (non-hydrogen) atoms. The maximum absolute atomic E-state index is 10.8. The van der Waals surface area contributed by atoms with Crippen molar-refractivity contribution >= 4 is 17.4 Å². The van der Waals surface area contributed by atoms with Gasteiger partial charge in [-0.3, -0.25) is 4.79 Å². The van der Waals surface area contributed by atoms with E-state index in [9.17, 15) is 9.59 Å². The summed E-state index contributed by atoms with van der Waals surface area (Å²) in [7, 11) is 0. The zero-order chi connectivity index (χ0) is 10.0. The van der Waals surface area contributed by atoms with Gasteiger partial charge in [-0.05, 0) is 12.1 Å². The zero-order valence-corrected chi connectivity index (χ0v) is 6.94. The van der Waals surface area contributed by atoms with E-state index in [4.69, 9.17) is 10.8 Å². The molecule has 0 atom stereocenters. The molecule has 0 amide bonds. The maximum Gasteiger partial charge on any atom is 0.356 e. The molecule has 1 aromatic heterocycles. The Morgan fingerprint density at radius 1 is 1.46 bits per heavy atom. The van der Waals surface area contributed by atoms with E-state index in [1.165, 1.54) is 19.1 Å². The first-order valence-electron chi connectivity index (χ1n) is 3.53. The van der Waals surface area contributed by atoms with Crippen LogP contribution >= 0.6 is 0 Å². The van der Waals surface area contributed by atoms with Crippen molar-refractivity contribution in [3.05, 3.63) is 23.5 Å². The van der Waals surface area contributed by atoms with Crippen LogP contribution in [0.2, 0.25) is 0 Å². The van der Waals surface area contributed by atoms with Gasteiger partial charge in [-0.25, -0.2) is 9.78 Å². The molecular weight excluding hydrogens is 172 g/mol. The lowest BCUT2D eigenvalue weighted by Gasteiger charge is -2.00. The number of anilines is 1. The molecule has 0 aliphatic carbocycles. The predicted molar refractivity (Wildman–Crippen MR) is 45.6 cm³/mol. The summed E-state index contributed by atoms with van der Waals surface area (Å²) in [5.74, 6) is -1.52. The number of nitrogen functional groups attached to an aromatic ring is 1. The monoisotopic (exact) mass is 180 g/mol. The standard InChI is InChI=1S/C8H8N2O3/c1-4(11)6-3-2-5(9)7(10-6)8(12)13/h2-3H,9H2,1H3,(H,12,13). The molecule has 3 N–H and O–H groups in total. The highest BCUT2D eigenvalue weighted by atomic mass is 16.4. The van der Waals surface area contributed by atoms with Gasteiger partial charge in [0.25, 0.3) is 0 Å². The minimum atomic E-state index is -1.24. The van der Waals surface area contributed by atoms with E-state index in [0.717, 1.165) is 0 Å². The number of rotatable bonds is 2. The number of Topliss-reactive ketones (excluding diaryl/α,β-unsaturated/α-hetero) is 1. The van der Waals surface area contributed by atoms with Gasteiger partial charge in [-0.15, -0.1) is 0 Å². The van der Waals surface area contributed by atoms with E-state index >= 15 is 0 Å². The number of aromatic carboxylic acids is 1. The van der Waals surface area contributed by atoms with Crippen LogP contribution in [0.15, 0.2) is 12.1 Å². The number of carbonyl (C=O) groups is 2. The van der Waals surface area contributed by atoms with Crippen LogP contribution in [0.5, 0.6) is 0 Å². The Morgan fingerprint density at radius 2 is 2.08 bits per heavy atom. The Labute approximate surface area is 74.2 Å². The molecule has 0 aliphatic heterocycles. The number of aromatic nitrogens is 1. The number of nitrogens with two attached hydrogens (primary N) is 1. The fraction of sp³-hybridized carbons (Fsp3) is 0.125. The van der Waals surface area contributed by atoms with Crippen LogP contribution in [-0.2, 0) is 0 Å². The van der Waals surface area contributed by atoms with Crippen molar-refractivity contribution in [3.8, 4) is 0 Å². The van der Waals surface area contributed by atoms with Gasteiger partial charge in [0, 0.05) is 6.92 Å². The molecule has 5 heteroatoms. The van der Waals surface area contributed by atoms with E-state index < -0.39 is 5.97 Å². The number of nitrogens with zero attached hydrogens (tertiary/aromatic N) is 1. The average molecular weight is 180 g/mol. The first kappa shape index (κ1) is 9.18. The Hall–Kier alpha value is -1.91. The van der Waals surface area contributed by atoms with Gasteiger partial charge in [0.15, 0.2) is 11.5 Å². The molecule has 1 aromatic rings. The molecule has 0 aromatic carbocycles. The number of hydrogen-bond donors (Lipinski definition) is 2. The lowest BCUT2D eigenvalue weighted by atomic mass is 10.2. The van der Waals surface area contributed by atoms with Crippen molar-refractivity contribution < 1.29 is 14.7 Å². The molecule has 0 aliphatic rings. The molecule has 0 bridgehead atoms. The Kier molecular flexibility index (Phi) is 2.27. The van der Waals surface area contributed by atoms with Gasteiger partial charge in [0.05, 0.1) is 5.69 Å². The molecule has 5 nitrogen and oxygen atoms in total. The fourth-order valence-electron chi connectivity index (χ4n) is 0.837. The lowest BCUT2D eigenvalue weighted by Crippen LogP contribution is -2.09. The molecule has 1 heterocycles. The molecule has 0 fully saturated rings. The molecule has 1 rings (SSSR count). The molecule has 0 saturated carbocycles. The number of carboxylic acids is 1. The Morgan fingerprint density at radius 3 is 2.54 bits per heavy atom. The number of hydrogen-bond acceptors (Lipinski definition) is 4. The molecule has 0 spiro atoms. The van der Waals surface area contributed by atoms with Gasteiger partial charge in [0.1, 0.15) is 5.69 Å². The minimum Gasteiger partial charge on any atom is -0.476 e. The zero-order valence-electron chi connectivity index (χ0n) is 6.94. The third-order valence-corrected chi connectivity index (χ3v) is 1.49. The highest BCUT2D eigenvalue weighted by Crippen LogP contribution is 2.09. The van der Waals surface area contributed by atoms with E-state index in [1.54, 1.807) is 0 Å². The van der Waals surface area contributed by atoms with Gasteiger partial charge >= 0.3 is 5.97 Å². The van der Waals surface area contributed by atoms with Crippen LogP contribution in [0, 0.1) is 0 Å². The van der Waals surface area contributed by atoms with Crippen molar-refractivity contribution in [1.82, 2.24) is 4.98 Å². The third-order valence-electron chi connectivity index (χ3n) is 1.49. The van der Waals surface area contributed by atoms with Gasteiger partial charge in [-0.1, -0.05) is 0 Å². The maximum atomic E-state index is 10.8. The second-order valence-electron chi connectivity index (χ2n) is 2.50. The molecule has 0 unspecified atom stereocenters. The van der Waals surface area contributed by atoms with Crippen molar-refractivity contribution in [1.29, 1.82) is 0 Å². The highest BCUT2D eigenvalue weighted by molar-refractivity contribution is 5.96. The largest absolute Gasteiger partial charge is 0.476 e. The van der Waals surface area contributed by atoms with Crippen LogP contribution in [0.3, 0.4) is 0 Å². The van der Waals surface area contributed by atoms with Crippen molar-refractivity contribution in [2.45, 2.75) is 6.92 Å². The van der Waals surface area contributed by atoms with Gasteiger partial charge < -0.3 is 10.8 Å². The second kappa shape index (κ2) is 3.22. The lowest BCUT2D eigenvalue weighted by molar-refractivity contribution is 0.0691. The summed E-state index contributed by atoms with van der Waals surface area (Å²) in [6, 6.07) is 2.75. The smallest absolute Gasteiger partial charge is 0.356 e. The third kappa shape index (κ3) is 1.81. The topological polar surface area (TPSA) is 93.3 Å². The van der Waals surface area contributed by atoms with Crippen molar-refractivity contribution in [3.63, 3.8) is 0 Å². The molecular formula is C8H8N2O3. The van der Waals surface area contributed by atoms with E-state index in [0.29, 0.717) is 0 Å². The summed E-state index contributed by atoms with van der Waals surface area (Å²) in [5, 5.41) is 8.62. The van der Waals surface area contributed by atoms with Crippen molar-refractivity contribution in [2.24, 2.45) is 0 Å². The van der Waals surface area contributed by atoms with Gasteiger partial charge in [0.2, 0.25) is 0 Å². The summed E-state index contributed by atoms with van der Waals surface area (Å²) >= 11 is 0. The average Bonchev–Trinajstić information content (AvgIpc) is 2.04. The van der Waals surface area contributed by atoms with Crippen LogP contribution in [-0.4, -0.2) is 21.8 Å². The quantitative estimate of drug-likeness (QED) is 0.648. The van der Waals surface area contributed by atoms with Crippen LogP contribution in [0.1, 0.15) is 27.9 Å². The number of carbonyl (C=O) groups excluding carboxylic acids is 1.